The monoisotopic (exact) mass is 799 g/mol. The smallest absolute Gasteiger partial charge is 0.398 e. The molecule has 0 spiro atoms. The van der Waals surface area contributed by atoms with Gasteiger partial charge >= 0.3 is 12.4 Å². The van der Waals surface area contributed by atoms with E-state index in [0.29, 0.717) is 40.4 Å². The normalized spacial score (nSPS) is 13.5. The minimum absolute atomic E-state index is 0.118. The number of hydrogen-bond donors (Lipinski definition) is 3. The van der Waals surface area contributed by atoms with Crippen LogP contribution >= 0.6 is 11.6 Å². The quantitative estimate of drug-likeness (QED) is 0.0390. The number of Topliss-reactive ketones (excluding diaryl/α,β-unsaturated/α-hetero) is 1. The molecule has 0 fully saturated rings. The molecule has 18 heteroatoms. The van der Waals surface area contributed by atoms with Crippen molar-refractivity contribution in [1.29, 1.82) is 0 Å². The molecule has 0 amide bonds. The highest BCUT2D eigenvalue weighted by Crippen LogP contribution is 2.41. The molecule has 0 bridgehead atoms. The van der Waals surface area contributed by atoms with E-state index in [1.807, 2.05) is 0 Å². The van der Waals surface area contributed by atoms with E-state index < -0.39 is 38.6 Å². The van der Waals surface area contributed by atoms with E-state index >= 15 is 0 Å². The number of alkyl halides is 6. The number of hydrogen-bond acceptors (Lipinski definition) is 9. The number of aliphatic hydroxyl groups is 2. The highest BCUT2D eigenvalue weighted by atomic mass is 35.5. The van der Waals surface area contributed by atoms with Crippen molar-refractivity contribution in [2.45, 2.75) is 71.5 Å². The number of nitrogens with two attached hydrogens (primary N) is 1. The van der Waals surface area contributed by atoms with Gasteiger partial charge in [0.25, 0.3) is 16.6 Å². The van der Waals surface area contributed by atoms with Crippen molar-refractivity contribution in [3.63, 3.8) is 0 Å². The summed E-state index contributed by atoms with van der Waals surface area (Å²) in [6.45, 7) is 7.74. The summed E-state index contributed by atoms with van der Waals surface area (Å²) >= 11 is 5.12. The molecule has 0 saturated carbocycles. The number of anilines is 1. The maximum absolute atomic E-state index is 13.1. The predicted octanol–water partition coefficient (Wildman–Crippen LogP) is 9.04. The number of benzene rings is 4. The Morgan fingerprint density at radius 2 is 1.02 bits per heavy atom. The summed E-state index contributed by atoms with van der Waals surface area (Å²) in [5.74, 6) is -0.389. The van der Waals surface area contributed by atoms with Crippen molar-refractivity contribution in [3.05, 3.63) is 143 Å². The average Bonchev–Trinajstić information content (AvgIpc) is 3.08. The van der Waals surface area contributed by atoms with E-state index in [1.165, 1.54) is 60.7 Å². The molecule has 55 heavy (non-hydrogen) atoms. The maximum Gasteiger partial charge on any atom is 0.421 e. The van der Waals surface area contributed by atoms with Gasteiger partial charge in [-0.25, -0.2) is 0 Å². The van der Waals surface area contributed by atoms with Gasteiger partial charge in [0.2, 0.25) is 0 Å². The SMILES string of the molecule is Cc1cc(C(C)(O)C(F)(F)F)cc(C)c1CC(=O)c1cccc([N+](=O)[O-])c1.Cc1cc(C(C)(O)C(F)(F)F)cc(C)c1N.O=C(Cl)c1cccc([N+](=O)[O-])c1. The molecule has 296 valence electrons. The third-order valence-corrected chi connectivity index (χ3v) is 8.74. The topological polar surface area (TPSA) is 187 Å². The Morgan fingerprint density at radius 3 is 1.36 bits per heavy atom. The second-order valence-electron chi connectivity index (χ2n) is 12.7. The number of nitro benzene ring substituents is 2. The molecular formula is C37H36ClF6N3O8. The summed E-state index contributed by atoms with van der Waals surface area (Å²) in [4.78, 5) is 42.9. The Labute approximate surface area is 315 Å². The van der Waals surface area contributed by atoms with Crippen LogP contribution in [0.1, 0.15) is 73.5 Å². The number of ketones is 1. The number of carbonyl (C=O) groups is 2. The van der Waals surface area contributed by atoms with E-state index in [1.54, 1.807) is 27.7 Å². The predicted molar refractivity (Wildman–Crippen MR) is 192 cm³/mol. The first-order valence-corrected chi connectivity index (χ1v) is 16.2. The van der Waals surface area contributed by atoms with Crippen LogP contribution in [0, 0.1) is 47.9 Å². The molecule has 0 heterocycles. The Bertz CT molecular complexity index is 2020. The van der Waals surface area contributed by atoms with Gasteiger partial charge in [-0.3, -0.25) is 29.8 Å². The van der Waals surface area contributed by atoms with Gasteiger partial charge in [-0.2, -0.15) is 26.3 Å². The number of nitrogens with zero attached hydrogens (tertiary/aromatic N) is 2. The summed E-state index contributed by atoms with van der Waals surface area (Å²) in [5, 5.41) is 39.7. The highest BCUT2D eigenvalue weighted by molar-refractivity contribution is 6.67. The Hall–Kier alpha value is -5.39. The lowest BCUT2D eigenvalue weighted by atomic mass is 9.87. The molecule has 4 aromatic rings. The lowest BCUT2D eigenvalue weighted by molar-refractivity contribution is -0.385. The van der Waals surface area contributed by atoms with Crippen LogP contribution in [0.5, 0.6) is 0 Å². The van der Waals surface area contributed by atoms with Crippen LogP contribution in [-0.4, -0.2) is 43.4 Å². The van der Waals surface area contributed by atoms with Crippen LogP contribution in [0.3, 0.4) is 0 Å². The third kappa shape index (κ3) is 11.3. The summed E-state index contributed by atoms with van der Waals surface area (Å²) in [5.41, 5.74) is 2.08. The van der Waals surface area contributed by atoms with Gasteiger partial charge in [0.15, 0.2) is 17.0 Å². The van der Waals surface area contributed by atoms with Gasteiger partial charge in [-0.05, 0) is 98.2 Å². The number of non-ortho nitro benzene ring substituents is 2. The van der Waals surface area contributed by atoms with Gasteiger partial charge in [0, 0.05) is 47.5 Å². The van der Waals surface area contributed by atoms with E-state index in [4.69, 9.17) is 17.3 Å². The Morgan fingerprint density at radius 1 is 0.673 bits per heavy atom. The fraction of sp³-hybridized carbons (Fsp3) is 0.297. The Kier molecular flexibility index (Phi) is 14.5. The van der Waals surface area contributed by atoms with E-state index in [9.17, 15) is 66.4 Å². The fourth-order valence-corrected chi connectivity index (χ4v) is 5.05. The second kappa shape index (κ2) is 17.4. The number of carbonyl (C=O) groups excluding carboxylic acids is 2. The molecule has 4 N–H and O–H groups in total. The summed E-state index contributed by atoms with van der Waals surface area (Å²) in [7, 11) is 0. The van der Waals surface area contributed by atoms with Gasteiger partial charge in [-0.15, -0.1) is 0 Å². The van der Waals surface area contributed by atoms with Crippen molar-refractivity contribution in [2.75, 3.05) is 5.73 Å². The number of aryl methyl sites for hydroxylation is 4. The second-order valence-corrected chi connectivity index (χ2v) is 13.1. The molecule has 2 atom stereocenters. The van der Waals surface area contributed by atoms with Crippen molar-refractivity contribution < 1.29 is 56.0 Å². The number of halogens is 7. The van der Waals surface area contributed by atoms with Crippen molar-refractivity contribution >= 4 is 39.7 Å². The van der Waals surface area contributed by atoms with Crippen LogP contribution in [-0.2, 0) is 17.6 Å². The average molecular weight is 800 g/mol. The molecule has 0 aliphatic rings. The van der Waals surface area contributed by atoms with Crippen LogP contribution < -0.4 is 5.73 Å². The van der Waals surface area contributed by atoms with Crippen molar-refractivity contribution in [3.8, 4) is 0 Å². The first-order chi connectivity index (χ1) is 25.0. The zero-order valence-corrected chi connectivity index (χ0v) is 30.9. The molecule has 4 rings (SSSR count). The molecule has 11 nitrogen and oxygen atoms in total. The number of rotatable bonds is 8. The van der Waals surface area contributed by atoms with E-state index in [2.05, 4.69) is 0 Å². The van der Waals surface area contributed by atoms with Gasteiger partial charge in [-0.1, -0.05) is 42.5 Å². The Balaban J connectivity index is 0.000000315. The molecule has 2 unspecified atom stereocenters. The highest BCUT2D eigenvalue weighted by Gasteiger charge is 2.52. The summed E-state index contributed by atoms with van der Waals surface area (Å²) in [6.07, 6.45) is -9.67. The first kappa shape index (κ1) is 45.8. The van der Waals surface area contributed by atoms with Crippen LogP contribution in [0.2, 0.25) is 0 Å². The van der Waals surface area contributed by atoms with Crippen molar-refractivity contribution in [2.24, 2.45) is 0 Å². The minimum atomic E-state index is -4.84. The standard InChI is InChI=1S/C19H18F3NO4.C11H14F3NO.C7H4ClNO3/c1-11-7-14(18(3,25)19(20,21)22)8-12(2)16(11)10-17(24)13-5-4-6-15(9-13)23(26)27;1-6-4-8(5-7(2)9(6)15)10(3,16)11(12,13)14;8-7(10)5-2-1-3-6(4-5)9(11)12/h4-9,25H,10H2,1-3H3;4-5,16H,15H2,1-3H3;1-4H. The molecule has 0 saturated heterocycles. The lowest BCUT2D eigenvalue weighted by Crippen LogP contribution is -2.39. The first-order valence-electron chi connectivity index (χ1n) is 15.8. The minimum Gasteiger partial charge on any atom is -0.398 e. The molecule has 0 aliphatic heterocycles. The molecule has 0 aliphatic carbocycles. The summed E-state index contributed by atoms with van der Waals surface area (Å²) in [6, 6.07) is 15.5. The number of nitro groups is 2. The molecule has 4 aromatic carbocycles. The zero-order valence-electron chi connectivity index (χ0n) is 30.1. The van der Waals surface area contributed by atoms with Gasteiger partial charge < -0.3 is 15.9 Å². The zero-order chi connectivity index (χ0) is 42.4. The summed E-state index contributed by atoms with van der Waals surface area (Å²) < 4.78 is 77.0. The third-order valence-electron chi connectivity index (χ3n) is 8.52. The molecular weight excluding hydrogens is 764 g/mol. The van der Waals surface area contributed by atoms with E-state index in [-0.39, 0.29) is 45.8 Å². The largest absolute Gasteiger partial charge is 0.421 e. The van der Waals surface area contributed by atoms with Gasteiger partial charge in [0.1, 0.15) is 0 Å². The fourth-order valence-electron chi connectivity index (χ4n) is 4.93. The van der Waals surface area contributed by atoms with Crippen molar-refractivity contribution in [1.82, 2.24) is 0 Å². The maximum atomic E-state index is 13.1. The molecule has 0 radical (unpaired) electrons. The van der Waals surface area contributed by atoms with E-state index in [0.717, 1.165) is 19.1 Å². The molecule has 0 aromatic heterocycles. The lowest BCUT2D eigenvalue weighted by Gasteiger charge is -2.28. The van der Waals surface area contributed by atoms with Crippen LogP contribution in [0.15, 0.2) is 72.8 Å². The van der Waals surface area contributed by atoms with Crippen LogP contribution in [0.4, 0.5) is 43.4 Å². The van der Waals surface area contributed by atoms with Gasteiger partial charge in [0.05, 0.1) is 9.85 Å². The van der Waals surface area contributed by atoms with Crippen LogP contribution in [0.25, 0.3) is 0 Å². The number of nitrogen functional groups attached to an aromatic ring is 1.